The second-order valence-electron chi connectivity index (χ2n) is 6.88. The van der Waals surface area contributed by atoms with E-state index in [1.54, 1.807) is 19.1 Å². The zero-order chi connectivity index (χ0) is 19.2. The number of carboxylic acid groups (broad SMARTS) is 1. The molecule has 0 aromatic carbocycles. The molecular formula is C18H28N4O3. The summed E-state index contributed by atoms with van der Waals surface area (Å²) in [5.41, 5.74) is 0.629. The highest BCUT2D eigenvalue weighted by molar-refractivity contribution is 5.95. The number of aliphatic carboxylic acids is 1. The van der Waals surface area contributed by atoms with E-state index in [1.807, 2.05) is 39.5 Å². The van der Waals surface area contributed by atoms with Gasteiger partial charge in [-0.2, -0.15) is 0 Å². The number of amides is 1. The number of nitrogens with one attached hydrogen (secondary N) is 1. The molecule has 0 spiro atoms. The Hall–Kier alpha value is -2.44. The number of carboxylic acids is 1. The van der Waals surface area contributed by atoms with Crippen molar-refractivity contribution in [2.24, 2.45) is 5.41 Å². The van der Waals surface area contributed by atoms with Crippen molar-refractivity contribution in [3.63, 3.8) is 0 Å². The average molecular weight is 348 g/mol. The maximum Gasteiger partial charge on any atom is 0.330 e. The second-order valence-corrected chi connectivity index (χ2v) is 6.88. The summed E-state index contributed by atoms with van der Waals surface area (Å²) in [7, 11) is 0. The normalized spacial score (nSPS) is 12.9. The largest absolute Gasteiger partial charge is 0.479 e. The van der Waals surface area contributed by atoms with Crippen molar-refractivity contribution in [2.75, 3.05) is 18.0 Å². The highest BCUT2D eigenvalue weighted by atomic mass is 16.4. The van der Waals surface area contributed by atoms with Gasteiger partial charge in [0.25, 0.3) is 5.91 Å². The Bertz CT molecular complexity index is 646. The molecule has 138 valence electrons. The number of rotatable bonds is 7. The lowest BCUT2D eigenvalue weighted by atomic mass is 9.95. The summed E-state index contributed by atoms with van der Waals surface area (Å²) in [5.74, 6) is -1.19. The van der Waals surface area contributed by atoms with Gasteiger partial charge >= 0.3 is 5.97 Å². The van der Waals surface area contributed by atoms with Crippen LogP contribution in [0.5, 0.6) is 0 Å². The molecule has 0 saturated carbocycles. The topological polar surface area (TPSA) is 95.4 Å². The number of aryl methyl sites for hydroxylation is 1. The molecule has 7 heteroatoms. The van der Waals surface area contributed by atoms with Crippen molar-refractivity contribution in [3.05, 3.63) is 29.6 Å². The van der Waals surface area contributed by atoms with E-state index in [-0.39, 0.29) is 11.1 Å². The minimum absolute atomic E-state index is 0.157. The quantitative estimate of drug-likeness (QED) is 0.735. The third kappa shape index (κ3) is 6.52. The van der Waals surface area contributed by atoms with Crippen molar-refractivity contribution >= 4 is 17.8 Å². The van der Waals surface area contributed by atoms with Gasteiger partial charge in [-0.25, -0.2) is 14.8 Å². The maximum absolute atomic E-state index is 12.5. The third-order valence-electron chi connectivity index (χ3n) is 3.46. The molecule has 1 rings (SSSR count). The minimum atomic E-state index is -1.12. The van der Waals surface area contributed by atoms with Crippen LogP contribution in [-0.4, -0.2) is 46.1 Å². The molecule has 7 nitrogen and oxygen atoms in total. The third-order valence-corrected chi connectivity index (χ3v) is 3.46. The summed E-state index contributed by atoms with van der Waals surface area (Å²) < 4.78 is 0. The number of hydrogen-bond acceptors (Lipinski definition) is 5. The zero-order valence-corrected chi connectivity index (χ0v) is 15.8. The molecule has 0 fully saturated rings. The predicted octanol–water partition coefficient (Wildman–Crippen LogP) is 2.42. The number of carbonyl (C=O) groups excluding carboxylic acids is 1. The second kappa shape index (κ2) is 8.60. The Labute approximate surface area is 149 Å². The fraction of sp³-hybridized carbons (Fsp3) is 0.556. The lowest BCUT2D eigenvalue weighted by Gasteiger charge is -2.19. The number of allylic oxidation sites excluding steroid dienone is 1. The fourth-order valence-electron chi connectivity index (χ4n) is 2.11. The molecule has 0 bridgehead atoms. The first-order valence-electron chi connectivity index (χ1n) is 8.41. The predicted molar refractivity (Wildman–Crippen MR) is 97.8 cm³/mol. The minimum Gasteiger partial charge on any atom is -0.479 e. The van der Waals surface area contributed by atoms with Crippen molar-refractivity contribution in [1.82, 2.24) is 15.3 Å². The van der Waals surface area contributed by atoms with Gasteiger partial charge in [-0.15, -0.1) is 0 Å². The van der Waals surface area contributed by atoms with E-state index in [1.165, 1.54) is 6.08 Å². The smallest absolute Gasteiger partial charge is 0.330 e. The molecule has 1 aromatic rings. The first-order valence-corrected chi connectivity index (χ1v) is 8.41. The Kier molecular flexibility index (Phi) is 7.09. The standard InChI is InChI=1S/C18H28N4O3/c1-7-22(8-2)17-19-12(3)11-14(21-17)15(23)20-13(16(24)25)9-10-18(4,5)6/h9-11,13H,7-8H2,1-6H3,(H,20,23)(H,24,25)/b10-9+. The molecule has 0 aliphatic carbocycles. The molecule has 1 heterocycles. The van der Waals surface area contributed by atoms with Crippen LogP contribution in [0.4, 0.5) is 5.95 Å². The van der Waals surface area contributed by atoms with Crippen LogP contribution in [0.25, 0.3) is 0 Å². The van der Waals surface area contributed by atoms with Crippen molar-refractivity contribution < 1.29 is 14.7 Å². The van der Waals surface area contributed by atoms with Crippen molar-refractivity contribution in [1.29, 1.82) is 0 Å². The Morgan fingerprint density at radius 1 is 1.28 bits per heavy atom. The van der Waals surface area contributed by atoms with Crippen molar-refractivity contribution in [2.45, 2.75) is 47.6 Å². The van der Waals surface area contributed by atoms with Crippen LogP contribution in [0.3, 0.4) is 0 Å². The fourth-order valence-corrected chi connectivity index (χ4v) is 2.11. The SMILES string of the molecule is CCN(CC)c1nc(C)cc(C(=O)NC(/C=C/C(C)(C)C)C(=O)O)n1. The number of carbonyl (C=O) groups is 2. The first kappa shape index (κ1) is 20.6. The Morgan fingerprint density at radius 2 is 1.88 bits per heavy atom. The Balaban J connectivity index is 3.05. The van der Waals surface area contributed by atoms with Crippen LogP contribution >= 0.6 is 0 Å². The van der Waals surface area contributed by atoms with E-state index in [9.17, 15) is 14.7 Å². The summed E-state index contributed by atoms with van der Waals surface area (Å²) >= 11 is 0. The maximum atomic E-state index is 12.5. The summed E-state index contributed by atoms with van der Waals surface area (Å²) in [5, 5.41) is 11.8. The zero-order valence-electron chi connectivity index (χ0n) is 15.8. The number of anilines is 1. The monoisotopic (exact) mass is 348 g/mol. The summed E-state index contributed by atoms with van der Waals surface area (Å²) in [6.45, 7) is 13.0. The van der Waals surface area contributed by atoms with E-state index >= 15 is 0 Å². The highest BCUT2D eigenvalue weighted by Crippen LogP contribution is 2.15. The van der Waals surface area contributed by atoms with Crippen LogP contribution in [0, 0.1) is 12.3 Å². The molecular weight excluding hydrogens is 320 g/mol. The lowest BCUT2D eigenvalue weighted by molar-refractivity contribution is -0.137. The lowest BCUT2D eigenvalue weighted by Crippen LogP contribution is -2.40. The van der Waals surface area contributed by atoms with Gasteiger partial charge in [0.05, 0.1) is 0 Å². The Morgan fingerprint density at radius 3 is 2.36 bits per heavy atom. The molecule has 1 atom stereocenters. The van der Waals surface area contributed by atoms with Gasteiger partial charge < -0.3 is 15.3 Å². The molecule has 0 aliphatic rings. The first-order chi connectivity index (χ1) is 11.6. The van der Waals surface area contributed by atoms with Crippen molar-refractivity contribution in [3.8, 4) is 0 Å². The molecule has 0 radical (unpaired) electrons. The molecule has 25 heavy (non-hydrogen) atoms. The average Bonchev–Trinajstić information content (AvgIpc) is 2.50. The number of hydrogen-bond donors (Lipinski definition) is 2. The molecule has 0 saturated heterocycles. The van der Waals surface area contributed by atoms with Gasteiger partial charge in [-0.3, -0.25) is 4.79 Å². The van der Waals surface area contributed by atoms with Gasteiger partial charge in [0.2, 0.25) is 5.95 Å². The molecule has 1 aromatic heterocycles. The van der Waals surface area contributed by atoms with E-state index in [2.05, 4.69) is 15.3 Å². The van der Waals surface area contributed by atoms with Gasteiger partial charge in [0.15, 0.2) is 0 Å². The summed E-state index contributed by atoms with van der Waals surface area (Å²) in [6, 6.07) is 0.438. The summed E-state index contributed by atoms with van der Waals surface area (Å²) in [4.78, 5) is 34.4. The van der Waals surface area contributed by atoms with Gasteiger partial charge in [0.1, 0.15) is 11.7 Å². The number of nitrogens with zero attached hydrogens (tertiary/aromatic N) is 3. The van der Waals surface area contributed by atoms with Gasteiger partial charge in [-0.1, -0.05) is 32.9 Å². The molecule has 0 aliphatic heterocycles. The van der Waals surface area contributed by atoms with E-state index < -0.39 is 17.9 Å². The van der Waals surface area contributed by atoms with Gasteiger partial charge in [0, 0.05) is 18.8 Å². The van der Waals surface area contributed by atoms with Crippen LogP contribution < -0.4 is 10.2 Å². The highest BCUT2D eigenvalue weighted by Gasteiger charge is 2.21. The number of aromatic nitrogens is 2. The molecule has 1 amide bonds. The van der Waals surface area contributed by atoms with Crippen LogP contribution in [0.15, 0.2) is 18.2 Å². The van der Waals surface area contributed by atoms with Gasteiger partial charge in [-0.05, 0) is 32.3 Å². The van der Waals surface area contributed by atoms with E-state index in [0.29, 0.717) is 24.7 Å². The van der Waals surface area contributed by atoms with E-state index in [0.717, 1.165) is 0 Å². The van der Waals surface area contributed by atoms with Crippen LogP contribution in [-0.2, 0) is 4.79 Å². The molecule has 1 unspecified atom stereocenters. The summed E-state index contributed by atoms with van der Waals surface area (Å²) in [6.07, 6.45) is 3.25. The van der Waals surface area contributed by atoms with Crippen LogP contribution in [0.2, 0.25) is 0 Å². The van der Waals surface area contributed by atoms with Crippen LogP contribution in [0.1, 0.15) is 50.8 Å². The van der Waals surface area contributed by atoms with E-state index in [4.69, 9.17) is 0 Å². The molecule has 2 N–H and O–H groups in total.